The van der Waals surface area contributed by atoms with Gasteiger partial charge < -0.3 is 35.7 Å². The number of pyridine rings is 1. The van der Waals surface area contributed by atoms with E-state index in [1.54, 1.807) is 23.2 Å². The van der Waals surface area contributed by atoms with Gasteiger partial charge in [-0.15, -0.1) is 0 Å². The average Bonchev–Trinajstić information content (AvgIpc) is 3.34. The number of aromatic nitrogens is 3. The lowest BCUT2D eigenvalue weighted by molar-refractivity contribution is -0.138. The van der Waals surface area contributed by atoms with E-state index in [-0.39, 0.29) is 0 Å². The van der Waals surface area contributed by atoms with Crippen molar-refractivity contribution in [1.82, 2.24) is 14.5 Å². The first kappa shape index (κ1) is 20.4. The molecule has 3 heterocycles. The van der Waals surface area contributed by atoms with Crippen molar-refractivity contribution in [2.45, 2.75) is 55.9 Å². The maximum absolute atomic E-state index is 10.8. The molecule has 2 aromatic rings. The number of nitrogens with zero attached hydrogens (tertiary/aromatic N) is 3. The van der Waals surface area contributed by atoms with Crippen LogP contribution in [0.2, 0.25) is 0 Å². The molecule has 6 N–H and O–H groups in total. The molecule has 1 aliphatic heterocycles. The summed E-state index contributed by atoms with van der Waals surface area (Å²) in [4.78, 5) is 19.6. The second kappa shape index (κ2) is 8.44. The highest BCUT2D eigenvalue weighted by Gasteiger charge is 2.44. The van der Waals surface area contributed by atoms with E-state index in [0.717, 1.165) is 18.4 Å². The molecule has 0 radical (unpaired) electrons. The maximum Gasteiger partial charge on any atom is 0.320 e. The van der Waals surface area contributed by atoms with E-state index in [2.05, 4.69) is 15.3 Å². The Hall–Kier alpha value is -1.92. The molecule has 158 valence electrons. The van der Waals surface area contributed by atoms with Gasteiger partial charge >= 0.3 is 5.97 Å². The van der Waals surface area contributed by atoms with E-state index in [4.69, 9.17) is 15.6 Å². The van der Waals surface area contributed by atoms with E-state index in [0.29, 0.717) is 35.3 Å². The van der Waals surface area contributed by atoms with E-state index < -0.39 is 36.6 Å². The Morgan fingerprint density at radius 1 is 1.38 bits per heavy atom. The number of nitrogens with one attached hydrogen (secondary N) is 1. The topological polar surface area (TPSA) is 156 Å². The first-order valence-corrected chi connectivity index (χ1v) is 10.8. The minimum Gasteiger partial charge on any atom is -0.480 e. The van der Waals surface area contributed by atoms with Crippen molar-refractivity contribution in [3.05, 3.63) is 18.6 Å². The van der Waals surface area contributed by atoms with Crippen LogP contribution in [0.1, 0.15) is 25.5 Å². The first-order valence-electron chi connectivity index (χ1n) is 9.61. The number of imidazole rings is 1. The minimum absolute atomic E-state index is 0.324. The van der Waals surface area contributed by atoms with Gasteiger partial charge in [0.1, 0.15) is 23.8 Å². The fourth-order valence-corrected chi connectivity index (χ4v) is 4.42. The highest BCUT2D eigenvalue weighted by Crippen LogP contribution is 2.35. The second-order valence-corrected chi connectivity index (χ2v) is 8.60. The van der Waals surface area contributed by atoms with Crippen molar-refractivity contribution in [2.24, 2.45) is 5.73 Å². The van der Waals surface area contributed by atoms with Crippen LogP contribution < -0.4 is 11.1 Å². The predicted molar refractivity (Wildman–Crippen MR) is 108 cm³/mol. The van der Waals surface area contributed by atoms with Crippen LogP contribution in [0.25, 0.3) is 11.0 Å². The molecule has 1 saturated carbocycles. The number of nitrogens with two attached hydrogens (primary N) is 1. The molecule has 5 unspecified atom stereocenters. The number of carbonyl (C=O) groups is 1. The Morgan fingerprint density at radius 3 is 2.90 bits per heavy atom. The number of aliphatic hydroxyl groups is 2. The summed E-state index contributed by atoms with van der Waals surface area (Å²) < 4.78 is 7.66. The summed E-state index contributed by atoms with van der Waals surface area (Å²) in [6, 6.07) is 1.33. The minimum atomic E-state index is -1.10. The van der Waals surface area contributed by atoms with Gasteiger partial charge in [-0.1, -0.05) is 0 Å². The van der Waals surface area contributed by atoms with Gasteiger partial charge in [0, 0.05) is 18.0 Å². The molecule has 11 heteroatoms. The molecule has 0 amide bonds. The molecule has 5 atom stereocenters. The van der Waals surface area contributed by atoms with Crippen LogP contribution in [0.5, 0.6) is 0 Å². The summed E-state index contributed by atoms with van der Waals surface area (Å²) in [5, 5.41) is 33.1. The zero-order valence-corrected chi connectivity index (χ0v) is 16.5. The number of hydrogen-bond acceptors (Lipinski definition) is 9. The number of aliphatic carboxylic acids is 1. The number of carboxylic acid groups (broad SMARTS) is 1. The van der Waals surface area contributed by atoms with Crippen LogP contribution in [-0.2, 0) is 9.53 Å². The zero-order chi connectivity index (χ0) is 20.5. The number of thioether (sulfide) groups is 1. The van der Waals surface area contributed by atoms with Crippen molar-refractivity contribution >= 4 is 34.6 Å². The highest BCUT2D eigenvalue weighted by atomic mass is 32.2. The van der Waals surface area contributed by atoms with Crippen molar-refractivity contribution < 1.29 is 24.9 Å². The second-order valence-electron chi connectivity index (χ2n) is 7.45. The molecule has 29 heavy (non-hydrogen) atoms. The predicted octanol–water partition coefficient (Wildman–Crippen LogP) is 0.160. The van der Waals surface area contributed by atoms with Crippen LogP contribution in [0, 0.1) is 0 Å². The van der Waals surface area contributed by atoms with Gasteiger partial charge in [-0.3, -0.25) is 4.79 Å². The highest BCUT2D eigenvalue weighted by molar-refractivity contribution is 7.99. The van der Waals surface area contributed by atoms with Crippen molar-refractivity contribution in [1.29, 1.82) is 0 Å². The van der Waals surface area contributed by atoms with E-state index in [1.807, 2.05) is 0 Å². The monoisotopic (exact) mass is 423 g/mol. The van der Waals surface area contributed by atoms with Gasteiger partial charge in [0.15, 0.2) is 12.0 Å². The SMILES string of the molecule is NC(CCSCC1OC(n2cnc3c(NC4CC4)nccc32)C(O)C1O)C(=O)O. The van der Waals surface area contributed by atoms with Crippen LogP contribution in [-0.4, -0.2) is 77.7 Å². The lowest BCUT2D eigenvalue weighted by atomic mass is 10.1. The number of aliphatic hydroxyl groups excluding tert-OH is 2. The fraction of sp³-hybridized carbons (Fsp3) is 0.611. The molecule has 0 aromatic carbocycles. The molecular weight excluding hydrogens is 398 g/mol. The third kappa shape index (κ3) is 4.33. The Morgan fingerprint density at radius 2 is 2.17 bits per heavy atom. The zero-order valence-electron chi connectivity index (χ0n) is 15.7. The largest absolute Gasteiger partial charge is 0.480 e. The van der Waals surface area contributed by atoms with Gasteiger partial charge in [-0.2, -0.15) is 11.8 Å². The summed E-state index contributed by atoms with van der Waals surface area (Å²) in [7, 11) is 0. The number of hydrogen-bond donors (Lipinski definition) is 5. The Kier molecular flexibility index (Phi) is 5.93. The third-order valence-electron chi connectivity index (χ3n) is 5.19. The number of ether oxygens (including phenoxy) is 1. The lowest BCUT2D eigenvalue weighted by Crippen LogP contribution is -2.33. The molecule has 2 aromatic heterocycles. The summed E-state index contributed by atoms with van der Waals surface area (Å²) in [5.41, 5.74) is 6.95. The normalized spacial score (nSPS) is 28.0. The first-order chi connectivity index (χ1) is 14.0. The number of rotatable bonds is 9. The van der Waals surface area contributed by atoms with Gasteiger partial charge in [0.25, 0.3) is 0 Å². The van der Waals surface area contributed by atoms with Crippen LogP contribution in [0.3, 0.4) is 0 Å². The number of fused-ring (bicyclic) bond motifs is 1. The Bertz CT molecular complexity index is 875. The van der Waals surface area contributed by atoms with E-state index >= 15 is 0 Å². The fourth-order valence-electron chi connectivity index (χ4n) is 3.32. The standard InChI is InChI=1S/C18H25N5O5S/c19-10(18(26)27)4-6-29-7-12-14(24)15(25)17(28-12)23-8-21-13-11(23)3-5-20-16(13)22-9-1-2-9/h3,5,8-10,12,14-15,17,24-25H,1-2,4,6-7,19H2,(H,20,22)(H,26,27). The summed E-state index contributed by atoms with van der Waals surface area (Å²) in [6.45, 7) is 0. The van der Waals surface area contributed by atoms with Gasteiger partial charge in [-0.05, 0) is 31.1 Å². The molecule has 2 fully saturated rings. The van der Waals surface area contributed by atoms with Crippen molar-refractivity contribution in [2.75, 3.05) is 16.8 Å². The average molecular weight is 423 g/mol. The summed E-state index contributed by atoms with van der Waals surface area (Å²) in [5.74, 6) is 0.620. The molecule has 1 aliphatic carbocycles. The quantitative estimate of drug-likeness (QED) is 0.352. The molecule has 2 aliphatic rings. The van der Waals surface area contributed by atoms with Crippen LogP contribution in [0.4, 0.5) is 5.82 Å². The Balaban J connectivity index is 1.42. The van der Waals surface area contributed by atoms with Crippen molar-refractivity contribution in [3.8, 4) is 0 Å². The van der Waals surface area contributed by atoms with Gasteiger partial charge in [-0.25, -0.2) is 9.97 Å². The number of carboxylic acids is 1. The molecule has 10 nitrogen and oxygen atoms in total. The molecule has 4 rings (SSSR count). The molecule has 1 saturated heterocycles. The Labute approximate surface area is 171 Å². The maximum atomic E-state index is 10.8. The summed E-state index contributed by atoms with van der Waals surface area (Å²) in [6.07, 6.45) is 2.33. The van der Waals surface area contributed by atoms with Gasteiger partial charge in [0.05, 0.1) is 17.9 Å². The van der Waals surface area contributed by atoms with Gasteiger partial charge in [0.2, 0.25) is 0 Å². The van der Waals surface area contributed by atoms with Crippen molar-refractivity contribution in [3.63, 3.8) is 0 Å². The van der Waals surface area contributed by atoms with Crippen LogP contribution in [0.15, 0.2) is 18.6 Å². The molecule has 0 spiro atoms. The molecule has 0 bridgehead atoms. The smallest absolute Gasteiger partial charge is 0.320 e. The third-order valence-corrected chi connectivity index (χ3v) is 6.28. The van der Waals surface area contributed by atoms with E-state index in [1.165, 1.54) is 11.8 Å². The lowest BCUT2D eigenvalue weighted by Gasteiger charge is -2.17. The van der Waals surface area contributed by atoms with Crippen LogP contribution >= 0.6 is 11.8 Å². The molecular formula is C18H25N5O5S. The van der Waals surface area contributed by atoms with E-state index in [9.17, 15) is 15.0 Å². The summed E-state index contributed by atoms with van der Waals surface area (Å²) >= 11 is 1.44. The number of anilines is 1.